The molecule has 2 heteroatoms. The molecule has 0 radical (unpaired) electrons. The number of benzene rings is 1. The van der Waals surface area contributed by atoms with Gasteiger partial charge in [-0.3, -0.25) is 0 Å². The second-order valence-electron chi connectivity index (χ2n) is 2.87. The van der Waals surface area contributed by atoms with E-state index in [9.17, 15) is 0 Å². The van der Waals surface area contributed by atoms with E-state index in [0.717, 1.165) is 24.1 Å². The van der Waals surface area contributed by atoms with Crippen molar-refractivity contribution < 1.29 is 0 Å². The van der Waals surface area contributed by atoms with E-state index in [0.29, 0.717) is 5.88 Å². The molecule has 2 N–H and O–H groups in total. The van der Waals surface area contributed by atoms with E-state index in [2.05, 4.69) is 13.0 Å². The van der Waals surface area contributed by atoms with Gasteiger partial charge in [-0.1, -0.05) is 31.5 Å². The smallest absolute Gasteiger partial charge is 0.0494 e. The number of hydrogen-bond donors (Lipinski definition) is 1. The van der Waals surface area contributed by atoms with Gasteiger partial charge in [0.15, 0.2) is 0 Å². The molecular formula is C10H14ClN. The molecule has 0 aliphatic heterocycles. The van der Waals surface area contributed by atoms with Gasteiger partial charge in [0.1, 0.15) is 0 Å². The lowest BCUT2D eigenvalue weighted by Crippen LogP contribution is -1.97. The van der Waals surface area contributed by atoms with Crippen molar-refractivity contribution in [1.29, 1.82) is 0 Å². The maximum absolute atomic E-state index is 5.90. The van der Waals surface area contributed by atoms with E-state index >= 15 is 0 Å². The average Bonchev–Trinajstić information content (AvgIpc) is 2.09. The van der Waals surface area contributed by atoms with Crippen LogP contribution >= 0.6 is 11.6 Å². The lowest BCUT2D eigenvalue weighted by atomic mass is 10.0. The van der Waals surface area contributed by atoms with Gasteiger partial charge in [0.25, 0.3) is 0 Å². The molecule has 0 heterocycles. The first kappa shape index (κ1) is 9.40. The Kier molecular flexibility index (Phi) is 3.42. The Bertz CT molecular complexity index is 258. The lowest BCUT2D eigenvalue weighted by molar-refractivity contribution is 0.922. The number of alkyl halides is 1. The highest BCUT2D eigenvalue weighted by atomic mass is 35.5. The third-order valence-corrected chi connectivity index (χ3v) is 2.24. The number of nitrogens with two attached hydrogens (primary N) is 1. The zero-order valence-corrected chi connectivity index (χ0v) is 8.06. The Morgan fingerprint density at radius 3 is 2.58 bits per heavy atom. The minimum atomic E-state index is 0.503. The molecule has 0 amide bonds. The number of hydrogen-bond acceptors (Lipinski definition) is 1. The van der Waals surface area contributed by atoms with Gasteiger partial charge in [0.05, 0.1) is 0 Å². The molecule has 0 aromatic heterocycles. The van der Waals surface area contributed by atoms with Gasteiger partial charge in [-0.15, -0.1) is 11.6 Å². The van der Waals surface area contributed by atoms with Crippen molar-refractivity contribution in [2.24, 2.45) is 0 Å². The molecule has 0 aliphatic rings. The van der Waals surface area contributed by atoms with E-state index in [1.807, 2.05) is 12.1 Å². The van der Waals surface area contributed by atoms with Crippen LogP contribution in [0.25, 0.3) is 0 Å². The van der Waals surface area contributed by atoms with Crippen molar-refractivity contribution in [1.82, 2.24) is 0 Å². The Morgan fingerprint density at radius 2 is 2.00 bits per heavy atom. The average molecular weight is 184 g/mol. The Hall–Kier alpha value is -0.690. The summed E-state index contributed by atoms with van der Waals surface area (Å²) < 4.78 is 0. The molecular weight excluding hydrogens is 170 g/mol. The topological polar surface area (TPSA) is 26.0 Å². The molecule has 0 atom stereocenters. The first-order valence-electron chi connectivity index (χ1n) is 4.21. The molecule has 0 bridgehead atoms. The van der Waals surface area contributed by atoms with Crippen molar-refractivity contribution in [3.05, 3.63) is 29.3 Å². The molecule has 12 heavy (non-hydrogen) atoms. The van der Waals surface area contributed by atoms with Crippen LogP contribution in [0.5, 0.6) is 0 Å². The molecule has 1 nitrogen and oxygen atoms in total. The van der Waals surface area contributed by atoms with Crippen molar-refractivity contribution in [3.8, 4) is 0 Å². The van der Waals surface area contributed by atoms with Gasteiger partial charge >= 0.3 is 0 Å². The van der Waals surface area contributed by atoms with Crippen molar-refractivity contribution >= 4 is 17.3 Å². The van der Waals surface area contributed by atoms with Crippen LogP contribution in [0.15, 0.2) is 18.2 Å². The minimum Gasteiger partial charge on any atom is -0.398 e. The predicted octanol–water partition coefficient (Wildman–Crippen LogP) is 2.96. The van der Waals surface area contributed by atoms with Gasteiger partial charge in [-0.05, 0) is 17.5 Å². The summed E-state index contributed by atoms with van der Waals surface area (Å²) in [6.07, 6.45) is 2.16. The third-order valence-electron chi connectivity index (χ3n) is 1.95. The number of para-hydroxylation sites is 1. The van der Waals surface area contributed by atoms with Crippen LogP contribution in [0, 0.1) is 0 Å². The second-order valence-corrected chi connectivity index (χ2v) is 3.14. The molecule has 0 saturated heterocycles. The van der Waals surface area contributed by atoms with Gasteiger partial charge in [-0.25, -0.2) is 0 Å². The summed E-state index contributed by atoms with van der Waals surface area (Å²) in [5, 5.41) is 0. The Morgan fingerprint density at radius 1 is 1.33 bits per heavy atom. The highest BCUT2D eigenvalue weighted by molar-refractivity contribution is 6.17. The fourth-order valence-electron chi connectivity index (χ4n) is 1.27. The third kappa shape index (κ3) is 1.92. The molecule has 0 unspecified atom stereocenters. The zero-order valence-electron chi connectivity index (χ0n) is 7.31. The van der Waals surface area contributed by atoms with Crippen LogP contribution in [0.4, 0.5) is 5.69 Å². The van der Waals surface area contributed by atoms with Crippen molar-refractivity contribution in [3.63, 3.8) is 0 Å². The molecule has 1 aromatic carbocycles. The standard InChI is InChI=1S/C10H14ClN/c1-2-4-8-5-3-6-9(7-11)10(8)12/h3,5-6H,2,4,7,12H2,1H3. The molecule has 0 aliphatic carbocycles. The largest absolute Gasteiger partial charge is 0.398 e. The van der Waals surface area contributed by atoms with Gasteiger partial charge in [0, 0.05) is 11.6 Å². The van der Waals surface area contributed by atoms with Gasteiger partial charge in [-0.2, -0.15) is 0 Å². The van der Waals surface area contributed by atoms with Gasteiger partial charge < -0.3 is 5.73 Å². The van der Waals surface area contributed by atoms with Crippen LogP contribution in [0.2, 0.25) is 0 Å². The zero-order chi connectivity index (χ0) is 8.97. The molecule has 1 aromatic rings. The van der Waals surface area contributed by atoms with Crippen LogP contribution in [0.3, 0.4) is 0 Å². The van der Waals surface area contributed by atoms with E-state index in [-0.39, 0.29) is 0 Å². The monoisotopic (exact) mass is 183 g/mol. The van der Waals surface area contributed by atoms with E-state index in [1.54, 1.807) is 0 Å². The lowest BCUT2D eigenvalue weighted by Gasteiger charge is -2.07. The predicted molar refractivity (Wildman–Crippen MR) is 54.4 cm³/mol. The number of rotatable bonds is 3. The second kappa shape index (κ2) is 4.36. The molecule has 0 saturated carbocycles. The molecule has 0 fully saturated rings. The Balaban J connectivity index is 2.97. The summed E-state index contributed by atoms with van der Waals surface area (Å²) in [6.45, 7) is 2.15. The minimum absolute atomic E-state index is 0.503. The highest BCUT2D eigenvalue weighted by Gasteiger charge is 2.01. The quantitative estimate of drug-likeness (QED) is 0.566. The summed E-state index contributed by atoms with van der Waals surface area (Å²) in [6, 6.07) is 6.05. The summed E-state index contributed by atoms with van der Waals surface area (Å²) in [5.41, 5.74) is 9.03. The van der Waals surface area contributed by atoms with Crippen molar-refractivity contribution in [2.75, 3.05) is 5.73 Å². The van der Waals surface area contributed by atoms with Crippen LogP contribution in [-0.4, -0.2) is 0 Å². The number of anilines is 1. The molecule has 1 rings (SSSR count). The first-order chi connectivity index (χ1) is 5.79. The Labute approximate surface area is 78.5 Å². The number of halogens is 1. The fourth-order valence-corrected chi connectivity index (χ4v) is 1.50. The maximum Gasteiger partial charge on any atom is 0.0494 e. The summed E-state index contributed by atoms with van der Waals surface area (Å²) in [7, 11) is 0. The van der Waals surface area contributed by atoms with Crippen LogP contribution in [-0.2, 0) is 12.3 Å². The van der Waals surface area contributed by atoms with E-state index in [4.69, 9.17) is 17.3 Å². The maximum atomic E-state index is 5.90. The summed E-state index contributed by atoms with van der Waals surface area (Å²) >= 11 is 5.72. The van der Waals surface area contributed by atoms with Crippen LogP contribution in [0.1, 0.15) is 24.5 Å². The van der Waals surface area contributed by atoms with Crippen LogP contribution < -0.4 is 5.73 Å². The fraction of sp³-hybridized carbons (Fsp3) is 0.400. The summed E-state index contributed by atoms with van der Waals surface area (Å²) in [4.78, 5) is 0. The number of nitrogen functional groups attached to an aromatic ring is 1. The van der Waals surface area contributed by atoms with E-state index in [1.165, 1.54) is 5.56 Å². The molecule has 66 valence electrons. The highest BCUT2D eigenvalue weighted by Crippen LogP contribution is 2.20. The SMILES string of the molecule is CCCc1cccc(CCl)c1N. The molecule has 0 spiro atoms. The van der Waals surface area contributed by atoms with Crippen molar-refractivity contribution in [2.45, 2.75) is 25.6 Å². The first-order valence-corrected chi connectivity index (χ1v) is 4.75. The van der Waals surface area contributed by atoms with Gasteiger partial charge in [0.2, 0.25) is 0 Å². The number of aryl methyl sites for hydroxylation is 1. The normalized spacial score (nSPS) is 10.2. The van der Waals surface area contributed by atoms with E-state index < -0.39 is 0 Å². The summed E-state index contributed by atoms with van der Waals surface area (Å²) in [5.74, 6) is 0.503.